The Morgan fingerprint density at radius 1 is 1.20 bits per heavy atom. The van der Waals surface area contributed by atoms with Crippen LogP contribution in [0.1, 0.15) is 40.5 Å². The molecule has 0 saturated carbocycles. The minimum absolute atomic E-state index is 0.118. The van der Waals surface area contributed by atoms with Crippen molar-refractivity contribution >= 4 is 5.97 Å². The summed E-state index contributed by atoms with van der Waals surface area (Å²) < 4.78 is 38.1. The zero-order valence-corrected chi connectivity index (χ0v) is 9.40. The van der Waals surface area contributed by atoms with E-state index < -0.39 is 29.4 Å². The third-order valence-corrected chi connectivity index (χ3v) is 2.88. The highest BCUT2D eigenvalue weighted by Crippen LogP contribution is 2.48. The van der Waals surface area contributed by atoms with Crippen molar-refractivity contribution in [3.05, 3.63) is 0 Å². The molecule has 1 unspecified atom stereocenters. The zero-order chi connectivity index (χ0) is 12.5. The maximum atomic E-state index is 12.7. The van der Waals surface area contributed by atoms with Crippen molar-refractivity contribution < 1.29 is 23.1 Å². The maximum Gasteiger partial charge on any atom is 0.394 e. The number of aliphatic carboxylic acids is 1. The van der Waals surface area contributed by atoms with Crippen molar-refractivity contribution in [3.63, 3.8) is 0 Å². The van der Waals surface area contributed by atoms with Crippen molar-refractivity contribution in [3.8, 4) is 0 Å². The Hall–Kier alpha value is -0.740. The molecular weight excluding hydrogens is 209 g/mol. The van der Waals surface area contributed by atoms with E-state index in [0.717, 1.165) is 6.92 Å². The van der Waals surface area contributed by atoms with Crippen LogP contribution in [-0.2, 0) is 4.79 Å². The molecule has 0 amide bonds. The average molecular weight is 226 g/mol. The van der Waals surface area contributed by atoms with Crippen molar-refractivity contribution in [2.75, 3.05) is 0 Å². The summed E-state index contributed by atoms with van der Waals surface area (Å²) >= 11 is 0. The second-order valence-corrected chi connectivity index (χ2v) is 4.78. The number of hydrogen-bond acceptors (Lipinski definition) is 1. The molecule has 0 aromatic rings. The van der Waals surface area contributed by atoms with E-state index in [4.69, 9.17) is 5.11 Å². The van der Waals surface area contributed by atoms with Crippen molar-refractivity contribution in [2.24, 2.45) is 10.8 Å². The first-order valence-corrected chi connectivity index (χ1v) is 4.76. The molecule has 0 rings (SSSR count). The van der Waals surface area contributed by atoms with Gasteiger partial charge in [0.1, 0.15) is 0 Å². The van der Waals surface area contributed by atoms with E-state index in [-0.39, 0.29) is 6.42 Å². The lowest BCUT2D eigenvalue weighted by Crippen LogP contribution is -2.41. The molecule has 0 aromatic carbocycles. The van der Waals surface area contributed by atoms with E-state index in [9.17, 15) is 18.0 Å². The third-order valence-electron chi connectivity index (χ3n) is 2.88. The van der Waals surface area contributed by atoms with Crippen LogP contribution >= 0.6 is 0 Å². The quantitative estimate of drug-likeness (QED) is 0.797. The Bertz CT molecular complexity index is 246. The van der Waals surface area contributed by atoms with Gasteiger partial charge in [-0.3, -0.25) is 4.79 Å². The summed E-state index contributed by atoms with van der Waals surface area (Å²) in [6.45, 7) is 5.12. The summed E-state index contributed by atoms with van der Waals surface area (Å²) in [5, 5.41) is 8.80. The highest BCUT2D eigenvalue weighted by Gasteiger charge is 2.53. The molecule has 0 aliphatic rings. The standard InChI is InChI=1S/C10H17F3O2/c1-5-9(4,10(11,12)13)6-8(2,3)7(14)15/h5-6H2,1-4H3,(H,14,15). The van der Waals surface area contributed by atoms with Gasteiger partial charge in [-0.1, -0.05) is 13.8 Å². The van der Waals surface area contributed by atoms with E-state index in [2.05, 4.69) is 0 Å². The van der Waals surface area contributed by atoms with E-state index in [1.807, 2.05) is 0 Å². The van der Waals surface area contributed by atoms with Crippen LogP contribution in [0.4, 0.5) is 13.2 Å². The van der Waals surface area contributed by atoms with Gasteiger partial charge >= 0.3 is 12.1 Å². The fraction of sp³-hybridized carbons (Fsp3) is 0.900. The topological polar surface area (TPSA) is 37.3 Å². The number of carbonyl (C=O) groups is 1. The minimum Gasteiger partial charge on any atom is -0.481 e. The molecule has 15 heavy (non-hydrogen) atoms. The Kier molecular flexibility index (Phi) is 3.82. The summed E-state index contributed by atoms with van der Waals surface area (Å²) in [4.78, 5) is 10.8. The summed E-state index contributed by atoms with van der Waals surface area (Å²) in [5.41, 5.74) is -3.30. The molecule has 0 bridgehead atoms. The van der Waals surface area contributed by atoms with Gasteiger partial charge in [0.05, 0.1) is 10.8 Å². The molecule has 0 fully saturated rings. The fourth-order valence-corrected chi connectivity index (χ4v) is 1.48. The summed E-state index contributed by atoms with van der Waals surface area (Å²) in [5.74, 6) is -1.20. The average Bonchev–Trinajstić information content (AvgIpc) is 2.01. The predicted octanol–water partition coefficient (Wildman–Crippen LogP) is 3.47. The van der Waals surface area contributed by atoms with Crippen LogP contribution in [0, 0.1) is 10.8 Å². The molecule has 0 aliphatic carbocycles. The first-order valence-electron chi connectivity index (χ1n) is 4.76. The molecule has 5 heteroatoms. The van der Waals surface area contributed by atoms with Gasteiger partial charge in [0, 0.05) is 0 Å². The molecule has 0 spiro atoms. The fourth-order valence-electron chi connectivity index (χ4n) is 1.48. The lowest BCUT2D eigenvalue weighted by atomic mass is 9.72. The second kappa shape index (κ2) is 4.02. The predicted molar refractivity (Wildman–Crippen MR) is 50.5 cm³/mol. The summed E-state index contributed by atoms with van der Waals surface area (Å²) in [7, 11) is 0. The van der Waals surface area contributed by atoms with Gasteiger partial charge in [-0.05, 0) is 26.7 Å². The lowest BCUT2D eigenvalue weighted by Gasteiger charge is -2.36. The number of carboxylic acids is 1. The van der Waals surface area contributed by atoms with Crippen LogP contribution in [-0.4, -0.2) is 17.3 Å². The Labute approximate surface area is 87.5 Å². The summed E-state index contributed by atoms with van der Waals surface area (Å²) in [6.07, 6.45) is -4.89. The van der Waals surface area contributed by atoms with Crippen LogP contribution in [0.2, 0.25) is 0 Å². The minimum atomic E-state index is -4.37. The largest absolute Gasteiger partial charge is 0.481 e. The molecule has 0 aromatic heterocycles. The molecule has 90 valence electrons. The third kappa shape index (κ3) is 3.11. The van der Waals surface area contributed by atoms with E-state index in [1.54, 1.807) is 0 Å². The number of rotatable bonds is 4. The SMILES string of the molecule is CCC(C)(CC(C)(C)C(=O)O)C(F)(F)F. The number of hydrogen-bond donors (Lipinski definition) is 1. The number of carboxylic acid groups (broad SMARTS) is 1. The highest BCUT2D eigenvalue weighted by molar-refractivity contribution is 5.73. The second-order valence-electron chi connectivity index (χ2n) is 4.78. The van der Waals surface area contributed by atoms with Crippen LogP contribution in [0.25, 0.3) is 0 Å². The van der Waals surface area contributed by atoms with E-state index >= 15 is 0 Å². The van der Waals surface area contributed by atoms with Crippen molar-refractivity contribution in [1.82, 2.24) is 0 Å². The smallest absolute Gasteiger partial charge is 0.394 e. The molecule has 0 saturated heterocycles. The summed E-state index contributed by atoms with van der Waals surface area (Å²) in [6, 6.07) is 0. The van der Waals surface area contributed by atoms with Gasteiger partial charge in [-0.2, -0.15) is 13.2 Å². The van der Waals surface area contributed by atoms with Gasteiger partial charge in [0.25, 0.3) is 0 Å². The molecule has 0 aliphatic heterocycles. The monoisotopic (exact) mass is 226 g/mol. The van der Waals surface area contributed by atoms with Gasteiger partial charge in [0.15, 0.2) is 0 Å². The van der Waals surface area contributed by atoms with Crippen LogP contribution in [0.5, 0.6) is 0 Å². The maximum absolute atomic E-state index is 12.7. The molecule has 1 N–H and O–H groups in total. The van der Waals surface area contributed by atoms with Crippen molar-refractivity contribution in [2.45, 2.75) is 46.7 Å². The number of alkyl halides is 3. The Morgan fingerprint density at radius 2 is 1.60 bits per heavy atom. The van der Waals surface area contributed by atoms with Gasteiger partial charge < -0.3 is 5.11 Å². The first kappa shape index (κ1) is 14.3. The Morgan fingerprint density at radius 3 is 1.80 bits per heavy atom. The molecule has 0 heterocycles. The van der Waals surface area contributed by atoms with Crippen LogP contribution < -0.4 is 0 Å². The van der Waals surface area contributed by atoms with Gasteiger partial charge in [-0.25, -0.2) is 0 Å². The van der Waals surface area contributed by atoms with Gasteiger partial charge in [0.2, 0.25) is 0 Å². The van der Waals surface area contributed by atoms with E-state index in [0.29, 0.717) is 0 Å². The van der Waals surface area contributed by atoms with Gasteiger partial charge in [-0.15, -0.1) is 0 Å². The van der Waals surface area contributed by atoms with Crippen LogP contribution in [0.3, 0.4) is 0 Å². The normalized spacial score (nSPS) is 17.3. The number of halogens is 3. The molecule has 2 nitrogen and oxygen atoms in total. The zero-order valence-electron chi connectivity index (χ0n) is 9.40. The van der Waals surface area contributed by atoms with E-state index in [1.165, 1.54) is 20.8 Å². The highest BCUT2D eigenvalue weighted by atomic mass is 19.4. The molecule has 0 radical (unpaired) electrons. The first-order chi connectivity index (χ1) is 6.46. The van der Waals surface area contributed by atoms with Crippen molar-refractivity contribution in [1.29, 1.82) is 0 Å². The van der Waals surface area contributed by atoms with Crippen LogP contribution in [0.15, 0.2) is 0 Å². The molecule has 1 atom stereocenters. The Balaban J connectivity index is 4.96. The lowest BCUT2D eigenvalue weighted by molar-refractivity contribution is -0.229. The molecular formula is C10H17F3O2.